The first-order valence-corrected chi connectivity index (χ1v) is 9.67. The van der Waals surface area contributed by atoms with E-state index in [4.69, 9.17) is 14.2 Å². The van der Waals surface area contributed by atoms with Crippen LogP contribution < -0.4 is 14.2 Å². The fourth-order valence-corrected chi connectivity index (χ4v) is 4.07. The highest BCUT2D eigenvalue weighted by molar-refractivity contribution is 8.00. The molecule has 1 saturated heterocycles. The molecule has 6 heteroatoms. The minimum atomic E-state index is -0.0352. The first kappa shape index (κ1) is 18.5. The van der Waals surface area contributed by atoms with Gasteiger partial charge < -0.3 is 19.1 Å². The molecular formula is C20H23NO4S. The van der Waals surface area contributed by atoms with Gasteiger partial charge in [0.15, 0.2) is 11.5 Å². The Balaban J connectivity index is 1.70. The van der Waals surface area contributed by atoms with Crippen molar-refractivity contribution >= 4 is 17.7 Å². The van der Waals surface area contributed by atoms with Crippen LogP contribution in [0.5, 0.6) is 17.2 Å². The lowest BCUT2D eigenvalue weighted by Crippen LogP contribution is -2.32. The van der Waals surface area contributed by atoms with Crippen LogP contribution in [0.4, 0.5) is 0 Å². The van der Waals surface area contributed by atoms with Gasteiger partial charge in [-0.2, -0.15) is 0 Å². The van der Waals surface area contributed by atoms with Crippen LogP contribution in [-0.2, 0) is 4.79 Å². The quantitative estimate of drug-likeness (QED) is 0.705. The van der Waals surface area contributed by atoms with Gasteiger partial charge in [-0.1, -0.05) is 24.3 Å². The fourth-order valence-electron chi connectivity index (χ4n) is 2.87. The number of hydrogen-bond donors (Lipinski definition) is 0. The van der Waals surface area contributed by atoms with Crippen LogP contribution in [0.15, 0.2) is 48.5 Å². The number of carbonyl (C=O) groups excluding carboxylic acids is 1. The number of rotatable bonds is 8. The fraction of sp³-hybridized carbons (Fsp3) is 0.350. The summed E-state index contributed by atoms with van der Waals surface area (Å²) in [5.41, 5.74) is 1.03. The molecule has 1 fully saturated rings. The lowest BCUT2D eigenvalue weighted by Gasteiger charge is -2.25. The Bertz CT molecular complexity index is 738. The average Bonchev–Trinajstić information content (AvgIpc) is 3.03. The van der Waals surface area contributed by atoms with Gasteiger partial charge >= 0.3 is 0 Å². The summed E-state index contributed by atoms with van der Waals surface area (Å²) in [7, 11) is 1.62. The Kier molecular flexibility index (Phi) is 6.28. The smallest absolute Gasteiger partial charge is 0.233 e. The van der Waals surface area contributed by atoms with Gasteiger partial charge in [0.25, 0.3) is 0 Å². The van der Waals surface area contributed by atoms with Gasteiger partial charge in [0, 0.05) is 0 Å². The van der Waals surface area contributed by atoms with Crippen molar-refractivity contribution in [1.82, 2.24) is 4.90 Å². The molecule has 0 spiro atoms. The Morgan fingerprint density at radius 3 is 2.65 bits per heavy atom. The van der Waals surface area contributed by atoms with E-state index in [0.717, 1.165) is 11.3 Å². The first-order valence-electron chi connectivity index (χ1n) is 8.62. The SMILES string of the molecule is CCOc1cc(C2SCC(=O)N2CCOc2ccccc2)ccc1OC. The number of ether oxygens (including phenoxy) is 3. The normalized spacial score (nSPS) is 16.6. The van der Waals surface area contributed by atoms with E-state index in [2.05, 4.69) is 0 Å². The van der Waals surface area contributed by atoms with Crippen molar-refractivity contribution in [2.24, 2.45) is 0 Å². The number of hydrogen-bond acceptors (Lipinski definition) is 5. The zero-order chi connectivity index (χ0) is 18.4. The van der Waals surface area contributed by atoms with Crippen LogP contribution in [0.1, 0.15) is 17.9 Å². The van der Waals surface area contributed by atoms with Crippen LogP contribution in [0.3, 0.4) is 0 Å². The number of nitrogens with zero attached hydrogens (tertiary/aromatic N) is 1. The van der Waals surface area contributed by atoms with E-state index in [1.807, 2.05) is 60.4 Å². The van der Waals surface area contributed by atoms with Crippen LogP contribution in [-0.4, -0.2) is 43.4 Å². The van der Waals surface area contributed by atoms with Gasteiger partial charge in [0.2, 0.25) is 5.91 Å². The standard InChI is InChI=1S/C20H23NO4S/c1-3-24-18-13-15(9-10-17(18)23-2)20-21(19(22)14-26-20)11-12-25-16-7-5-4-6-8-16/h4-10,13,20H,3,11-12,14H2,1-2H3. The van der Waals surface area contributed by atoms with Gasteiger partial charge in [-0.15, -0.1) is 11.8 Å². The number of para-hydroxylation sites is 1. The third kappa shape index (κ3) is 4.25. The Morgan fingerprint density at radius 2 is 1.92 bits per heavy atom. The molecule has 3 rings (SSSR count). The van der Waals surface area contributed by atoms with Crippen molar-refractivity contribution in [2.75, 3.05) is 32.6 Å². The predicted octanol–water partition coefficient (Wildman–Crippen LogP) is 3.75. The lowest BCUT2D eigenvalue weighted by molar-refractivity contribution is -0.128. The first-order chi connectivity index (χ1) is 12.7. The molecule has 1 unspecified atom stereocenters. The molecule has 0 aromatic heterocycles. The molecule has 26 heavy (non-hydrogen) atoms. The maximum atomic E-state index is 12.3. The van der Waals surface area contributed by atoms with Crippen molar-refractivity contribution in [3.05, 3.63) is 54.1 Å². The number of methoxy groups -OCH3 is 1. The van der Waals surface area contributed by atoms with Crippen molar-refractivity contribution in [2.45, 2.75) is 12.3 Å². The minimum absolute atomic E-state index is 0.0352. The monoisotopic (exact) mass is 373 g/mol. The van der Waals surface area contributed by atoms with Gasteiger partial charge in [0.1, 0.15) is 17.7 Å². The summed E-state index contributed by atoms with van der Waals surface area (Å²) < 4.78 is 16.8. The van der Waals surface area contributed by atoms with Crippen molar-refractivity contribution in [3.63, 3.8) is 0 Å². The van der Waals surface area contributed by atoms with E-state index < -0.39 is 0 Å². The summed E-state index contributed by atoms with van der Waals surface area (Å²) in [5, 5.41) is -0.0352. The second-order valence-electron chi connectivity index (χ2n) is 5.76. The molecule has 1 atom stereocenters. The van der Waals surface area contributed by atoms with E-state index in [1.165, 1.54) is 0 Å². The van der Waals surface area contributed by atoms with E-state index in [1.54, 1.807) is 18.9 Å². The molecule has 2 aromatic carbocycles. The maximum absolute atomic E-state index is 12.3. The zero-order valence-electron chi connectivity index (χ0n) is 15.0. The largest absolute Gasteiger partial charge is 0.493 e. The number of amides is 1. The second kappa shape index (κ2) is 8.85. The van der Waals surface area contributed by atoms with Crippen molar-refractivity contribution in [1.29, 1.82) is 0 Å². The summed E-state index contributed by atoms with van der Waals surface area (Å²) in [6, 6.07) is 15.5. The molecule has 0 N–H and O–H groups in total. The highest BCUT2D eigenvalue weighted by atomic mass is 32.2. The van der Waals surface area contributed by atoms with Crippen LogP contribution in [0.2, 0.25) is 0 Å². The summed E-state index contributed by atoms with van der Waals surface area (Å²) in [6.45, 7) is 3.50. The zero-order valence-corrected chi connectivity index (χ0v) is 15.8. The third-order valence-electron chi connectivity index (χ3n) is 4.08. The van der Waals surface area contributed by atoms with Crippen LogP contribution in [0.25, 0.3) is 0 Å². The molecule has 0 saturated carbocycles. The van der Waals surface area contributed by atoms with E-state index >= 15 is 0 Å². The second-order valence-corrected chi connectivity index (χ2v) is 6.82. The summed E-state index contributed by atoms with van der Waals surface area (Å²) in [5.74, 6) is 2.82. The molecule has 5 nitrogen and oxygen atoms in total. The van der Waals surface area contributed by atoms with E-state index in [9.17, 15) is 4.79 Å². The number of benzene rings is 2. The topological polar surface area (TPSA) is 48.0 Å². The summed E-state index contributed by atoms with van der Waals surface area (Å²) in [6.07, 6.45) is 0. The van der Waals surface area contributed by atoms with Crippen molar-refractivity contribution in [3.8, 4) is 17.2 Å². The molecule has 138 valence electrons. The predicted molar refractivity (Wildman–Crippen MR) is 103 cm³/mol. The molecule has 1 heterocycles. The van der Waals surface area contributed by atoms with Crippen molar-refractivity contribution < 1.29 is 19.0 Å². The maximum Gasteiger partial charge on any atom is 0.233 e. The van der Waals surface area contributed by atoms with Gasteiger partial charge in [-0.05, 0) is 36.8 Å². The molecule has 0 bridgehead atoms. The van der Waals surface area contributed by atoms with E-state index in [0.29, 0.717) is 37.0 Å². The number of thioether (sulfide) groups is 1. The van der Waals surface area contributed by atoms with Crippen LogP contribution >= 0.6 is 11.8 Å². The molecule has 1 aliphatic rings. The van der Waals surface area contributed by atoms with Gasteiger partial charge in [-0.25, -0.2) is 0 Å². The number of carbonyl (C=O) groups is 1. The molecule has 2 aromatic rings. The molecule has 0 radical (unpaired) electrons. The average molecular weight is 373 g/mol. The Labute approximate surface area is 158 Å². The van der Waals surface area contributed by atoms with Crippen LogP contribution in [0, 0.1) is 0 Å². The summed E-state index contributed by atoms with van der Waals surface area (Å²) in [4.78, 5) is 14.2. The molecule has 0 aliphatic carbocycles. The van der Waals surface area contributed by atoms with Gasteiger partial charge in [-0.3, -0.25) is 4.79 Å². The minimum Gasteiger partial charge on any atom is -0.493 e. The molecular weight excluding hydrogens is 350 g/mol. The highest BCUT2D eigenvalue weighted by Gasteiger charge is 2.33. The van der Waals surface area contributed by atoms with E-state index in [-0.39, 0.29) is 11.3 Å². The summed E-state index contributed by atoms with van der Waals surface area (Å²) >= 11 is 1.62. The van der Waals surface area contributed by atoms with Gasteiger partial charge in [0.05, 0.1) is 26.0 Å². The highest BCUT2D eigenvalue weighted by Crippen LogP contribution is 2.41. The Morgan fingerprint density at radius 1 is 1.12 bits per heavy atom. The Hall–Kier alpha value is -2.34. The third-order valence-corrected chi connectivity index (χ3v) is 5.34. The molecule has 1 aliphatic heterocycles. The lowest BCUT2D eigenvalue weighted by atomic mass is 10.2. The molecule has 1 amide bonds.